The van der Waals surface area contributed by atoms with Crippen LogP contribution >= 0.6 is 0 Å². The first-order chi connectivity index (χ1) is 8.75. The van der Waals surface area contributed by atoms with E-state index >= 15 is 0 Å². The summed E-state index contributed by atoms with van der Waals surface area (Å²) in [5.41, 5.74) is 7.38. The number of ether oxygens (including phenoxy) is 1. The molecule has 3 heterocycles. The number of carbonyl (C=O) groups is 1. The van der Waals surface area contributed by atoms with Gasteiger partial charge in [-0.3, -0.25) is 4.79 Å². The van der Waals surface area contributed by atoms with Crippen molar-refractivity contribution in [3.05, 3.63) is 30.1 Å². The van der Waals surface area contributed by atoms with Crippen LogP contribution in [0.2, 0.25) is 0 Å². The highest BCUT2D eigenvalue weighted by molar-refractivity contribution is 6.01. The van der Waals surface area contributed by atoms with E-state index in [1.54, 1.807) is 4.52 Å². The van der Waals surface area contributed by atoms with Crippen molar-refractivity contribution in [2.75, 3.05) is 18.5 Å². The maximum Gasteiger partial charge on any atom is 0.252 e. The van der Waals surface area contributed by atoms with Crippen molar-refractivity contribution in [1.82, 2.24) is 9.61 Å². The molecule has 1 amide bonds. The second-order valence-corrected chi connectivity index (χ2v) is 4.34. The molecular weight excluding hydrogens is 232 g/mol. The number of fused-ring (bicyclic) bond motifs is 1. The number of rotatable bonds is 3. The normalized spacial score (nSPS) is 19.2. The summed E-state index contributed by atoms with van der Waals surface area (Å²) in [5, 5.41) is 7.48. The molecule has 0 spiro atoms. The molecule has 1 saturated heterocycles. The molecule has 2 aromatic rings. The summed E-state index contributed by atoms with van der Waals surface area (Å²) in [7, 11) is 0. The number of amides is 1. The van der Waals surface area contributed by atoms with E-state index in [4.69, 9.17) is 10.5 Å². The molecule has 0 bridgehead atoms. The minimum atomic E-state index is -0.479. The average molecular weight is 246 g/mol. The molecule has 1 aliphatic heterocycles. The maximum absolute atomic E-state index is 11.5. The van der Waals surface area contributed by atoms with Gasteiger partial charge >= 0.3 is 0 Å². The Labute approximate surface area is 104 Å². The van der Waals surface area contributed by atoms with Crippen molar-refractivity contribution < 1.29 is 9.53 Å². The van der Waals surface area contributed by atoms with Crippen LogP contribution in [0.1, 0.15) is 16.8 Å². The number of hydrogen-bond donors (Lipinski definition) is 2. The lowest BCUT2D eigenvalue weighted by atomic mass is 10.1. The third kappa shape index (κ3) is 1.80. The molecule has 3 N–H and O–H groups in total. The third-order valence-electron chi connectivity index (χ3n) is 3.11. The first kappa shape index (κ1) is 11.0. The summed E-state index contributed by atoms with van der Waals surface area (Å²) in [6.45, 7) is 1.39. The molecule has 0 aromatic carbocycles. The molecule has 6 nitrogen and oxygen atoms in total. The Hall–Kier alpha value is -2.08. The van der Waals surface area contributed by atoms with E-state index in [1.807, 2.05) is 18.3 Å². The number of nitrogens with one attached hydrogen (secondary N) is 1. The summed E-state index contributed by atoms with van der Waals surface area (Å²) < 4.78 is 7.03. The Balaban J connectivity index is 2.06. The third-order valence-corrected chi connectivity index (χ3v) is 3.11. The lowest BCUT2D eigenvalue weighted by Gasteiger charge is -2.15. The molecule has 6 heteroatoms. The summed E-state index contributed by atoms with van der Waals surface area (Å²) in [5.74, 6) is -0.479. The Kier molecular flexibility index (Phi) is 2.64. The van der Waals surface area contributed by atoms with E-state index in [1.165, 1.54) is 6.20 Å². The van der Waals surface area contributed by atoms with Crippen LogP contribution < -0.4 is 11.1 Å². The molecule has 1 aliphatic rings. The maximum atomic E-state index is 11.5. The summed E-state index contributed by atoms with van der Waals surface area (Å²) in [4.78, 5) is 11.5. The van der Waals surface area contributed by atoms with Gasteiger partial charge in [0.25, 0.3) is 5.91 Å². The van der Waals surface area contributed by atoms with E-state index in [-0.39, 0.29) is 6.04 Å². The second kappa shape index (κ2) is 4.30. The summed E-state index contributed by atoms with van der Waals surface area (Å²) in [6, 6.07) is 3.99. The van der Waals surface area contributed by atoms with Crippen LogP contribution in [0.25, 0.3) is 5.52 Å². The van der Waals surface area contributed by atoms with Crippen LogP contribution in [0.15, 0.2) is 24.5 Å². The van der Waals surface area contributed by atoms with E-state index in [0.29, 0.717) is 12.2 Å². The van der Waals surface area contributed by atoms with Gasteiger partial charge in [0.1, 0.15) is 0 Å². The molecule has 0 saturated carbocycles. The SMILES string of the molecule is NC(=O)c1cnn2cccc2c1NC1CCOC1. The number of primary amides is 1. The van der Waals surface area contributed by atoms with Gasteiger partial charge in [-0.2, -0.15) is 5.10 Å². The predicted octanol–water partition coefficient (Wildman–Crippen LogP) is 0.634. The highest BCUT2D eigenvalue weighted by Gasteiger charge is 2.20. The van der Waals surface area contributed by atoms with Crippen molar-refractivity contribution in [2.45, 2.75) is 12.5 Å². The zero-order valence-corrected chi connectivity index (χ0v) is 9.80. The number of anilines is 1. The van der Waals surface area contributed by atoms with Crippen LogP contribution in [0.3, 0.4) is 0 Å². The standard InChI is InChI=1S/C12H14N4O2/c13-12(17)9-6-14-16-4-1-2-10(16)11(9)15-8-3-5-18-7-8/h1-2,4,6,8,15H,3,5,7H2,(H2,13,17). The molecule has 3 rings (SSSR count). The summed E-state index contributed by atoms with van der Waals surface area (Å²) in [6.07, 6.45) is 4.25. The van der Waals surface area contributed by atoms with E-state index in [2.05, 4.69) is 10.4 Å². The Morgan fingerprint density at radius 2 is 2.50 bits per heavy atom. The fourth-order valence-electron chi connectivity index (χ4n) is 2.18. The van der Waals surface area contributed by atoms with E-state index < -0.39 is 5.91 Å². The topological polar surface area (TPSA) is 81.7 Å². The number of aromatic nitrogens is 2. The molecule has 1 unspecified atom stereocenters. The van der Waals surface area contributed by atoms with Crippen LogP contribution in [0.5, 0.6) is 0 Å². The van der Waals surface area contributed by atoms with Crippen molar-refractivity contribution in [3.8, 4) is 0 Å². The molecule has 2 aromatic heterocycles. The van der Waals surface area contributed by atoms with Crippen LogP contribution in [-0.4, -0.2) is 34.8 Å². The highest BCUT2D eigenvalue weighted by atomic mass is 16.5. The van der Waals surface area contributed by atoms with E-state index in [0.717, 1.165) is 24.2 Å². The van der Waals surface area contributed by atoms with Gasteiger partial charge in [-0.05, 0) is 18.6 Å². The molecule has 18 heavy (non-hydrogen) atoms. The Bertz CT molecular complexity index is 587. The minimum absolute atomic E-state index is 0.212. The quantitative estimate of drug-likeness (QED) is 0.832. The smallest absolute Gasteiger partial charge is 0.252 e. The number of carbonyl (C=O) groups excluding carboxylic acids is 1. The van der Waals surface area contributed by atoms with Gasteiger partial charge in [0.05, 0.1) is 35.6 Å². The van der Waals surface area contributed by atoms with Crippen molar-refractivity contribution in [3.63, 3.8) is 0 Å². The van der Waals surface area contributed by atoms with E-state index in [9.17, 15) is 4.79 Å². The predicted molar refractivity (Wildman–Crippen MR) is 66.6 cm³/mol. The number of hydrogen-bond acceptors (Lipinski definition) is 4. The zero-order valence-electron chi connectivity index (χ0n) is 9.80. The van der Waals surface area contributed by atoms with Crippen LogP contribution in [0, 0.1) is 0 Å². The lowest BCUT2D eigenvalue weighted by Crippen LogP contribution is -2.23. The zero-order chi connectivity index (χ0) is 12.5. The number of nitrogens with zero attached hydrogens (tertiary/aromatic N) is 2. The molecule has 0 radical (unpaired) electrons. The monoisotopic (exact) mass is 246 g/mol. The lowest BCUT2D eigenvalue weighted by molar-refractivity contribution is 0.100. The Morgan fingerprint density at radius 3 is 3.22 bits per heavy atom. The fraction of sp³-hybridized carbons (Fsp3) is 0.333. The molecule has 94 valence electrons. The molecular formula is C12H14N4O2. The van der Waals surface area contributed by atoms with Gasteiger partial charge in [0.2, 0.25) is 0 Å². The van der Waals surface area contributed by atoms with Crippen LogP contribution in [-0.2, 0) is 4.74 Å². The van der Waals surface area contributed by atoms with Crippen molar-refractivity contribution >= 4 is 17.1 Å². The first-order valence-electron chi connectivity index (χ1n) is 5.86. The van der Waals surface area contributed by atoms with Crippen molar-refractivity contribution in [1.29, 1.82) is 0 Å². The van der Waals surface area contributed by atoms with Gasteiger partial charge in [0, 0.05) is 12.8 Å². The van der Waals surface area contributed by atoms with Crippen molar-refractivity contribution in [2.24, 2.45) is 5.73 Å². The van der Waals surface area contributed by atoms with Gasteiger partial charge in [-0.25, -0.2) is 4.52 Å². The molecule has 1 atom stereocenters. The second-order valence-electron chi connectivity index (χ2n) is 4.34. The van der Waals surface area contributed by atoms with Gasteiger partial charge in [0.15, 0.2) is 0 Å². The largest absolute Gasteiger partial charge is 0.379 e. The molecule has 0 aliphatic carbocycles. The summed E-state index contributed by atoms with van der Waals surface area (Å²) >= 11 is 0. The fourth-order valence-corrected chi connectivity index (χ4v) is 2.18. The Morgan fingerprint density at radius 1 is 1.61 bits per heavy atom. The first-order valence-corrected chi connectivity index (χ1v) is 5.86. The van der Waals surface area contributed by atoms with Gasteiger partial charge < -0.3 is 15.8 Å². The highest BCUT2D eigenvalue weighted by Crippen LogP contribution is 2.24. The van der Waals surface area contributed by atoms with Gasteiger partial charge in [-0.1, -0.05) is 0 Å². The van der Waals surface area contributed by atoms with Gasteiger partial charge in [-0.15, -0.1) is 0 Å². The van der Waals surface area contributed by atoms with Crippen LogP contribution in [0.4, 0.5) is 5.69 Å². The molecule has 1 fully saturated rings. The minimum Gasteiger partial charge on any atom is -0.379 e. The average Bonchev–Trinajstić information content (AvgIpc) is 2.98. The number of nitrogens with two attached hydrogens (primary N) is 1.